The number of carbonyl (C=O) groups excluding carboxylic acids is 1. The monoisotopic (exact) mass is 292 g/mol. The predicted molar refractivity (Wildman–Crippen MR) is 73.0 cm³/mol. The van der Waals surface area contributed by atoms with Crippen LogP contribution in [0.4, 0.5) is 8.78 Å². The van der Waals surface area contributed by atoms with Gasteiger partial charge in [0.1, 0.15) is 11.6 Å². The molecule has 0 aliphatic rings. The summed E-state index contributed by atoms with van der Waals surface area (Å²) in [6.45, 7) is 3.56. The Morgan fingerprint density at radius 1 is 1.42 bits per heavy atom. The van der Waals surface area contributed by atoms with Crippen molar-refractivity contribution in [1.82, 2.24) is 5.32 Å². The van der Waals surface area contributed by atoms with E-state index in [1.807, 2.05) is 6.92 Å². The van der Waals surface area contributed by atoms with Gasteiger partial charge >= 0.3 is 0 Å². The molecule has 2 atom stereocenters. The van der Waals surface area contributed by atoms with E-state index < -0.39 is 23.7 Å². The Labute approximate surface area is 118 Å². The first-order valence-corrected chi connectivity index (χ1v) is 5.96. The van der Waals surface area contributed by atoms with Gasteiger partial charge in [-0.25, -0.2) is 8.78 Å². The van der Waals surface area contributed by atoms with Gasteiger partial charge in [-0.05, 0) is 19.4 Å². The molecule has 1 aromatic carbocycles. The Morgan fingerprint density at radius 3 is 2.58 bits per heavy atom. The number of amides is 1. The molecule has 0 aliphatic carbocycles. The summed E-state index contributed by atoms with van der Waals surface area (Å²) in [6.07, 6.45) is 1.37. The maximum Gasteiger partial charge on any atom is 0.237 e. The highest BCUT2D eigenvalue weighted by atomic mass is 35.5. The summed E-state index contributed by atoms with van der Waals surface area (Å²) in [5, 5.41) is 2.61. The van der Waals surface area contributed by atoms with Gasteiger partial charge < -0.3 is 11.1 Å². The van der Waals surface area contributed by atoms with E-state index in [1.54, 1.807) is 6.92 Å². The third kappa shape index (κ3) is 5.12. The van der Waals surface area contributed by atoms with Crippen molar-refractivity contribution >= 4 is 18.3 Å². The van der Waals surface area contributed by atoms with E-state index >= 15 is 0 Å². The first-order valence-electron chi connectivity index (χ1n) is 5.96. The van der Waals surface area contributed by atoms with E-state index in [4.69, 9.17) is 5.73 Å². The number of rotatable bonds is 5. The molecule has 19 heavy (non-hydrogen) atoms. The van der Waals surface area contributed by atoms with Crippen molar-refractivity contribution in [3.05, 3.63) is 35.4 Å². The number of nitrogens with two attached hydrogens (primary N) is 1. The minimum Gasteiger partial charge on any atom is -0.348 e. The maximum atomic E-state index is 13.5. The molecule has 1 aromatic rings. The van der Waals surface area contributed by atoms with Crippen LogP contribution >= 0.6 is 12.4 Å². The number of carbonyl (C=O) groups is 1. The van der Waals surface area contributed by atoms with Gasteiger partial charge in [-0.3, -0.25) is 4.79 Å². The molecule has 0 bridgehead atoms. The average molecular weight is 293 g/mol. The van der Waals surface area contributed by atoms with E-state index in [9.17, 15) is 13.6 Å². The Morgan fingerprint density at radius 2 is 2.05 bits per heavy atom. The van der Waals surface area contributed by atoms with Gasteiger partial charge in [-0.2, -0.15) is 0 Å². The second-order valence-electron chi connectivity index (χ2n) is 4.29. The second-order valence-corrected chi connectivity index (χ2v) is 4.29. The van der Waals surface area contributed by atoms with Crippen LogP contribution in [0.3, 0.4) is 0 Å². The molecule has 0 heterocycles. The van der Waals surface area contributed by atoms with Gasteiger partial charge in [0.2, 0.25) is 5.91 Å². The summed E-state index contributed by atoms with van der Waals surface area (Å²) in [7, 11) is 0. The number of hydrogen-bond donors (Lipinski definition) is 2. The molecule has 0 saturated carbocycles. The first kappa shape index (κ1) is 17.8. The van der Waals surface area contributed by atoms with E-state index in [0.29, 0.717) is 6.42 Å². The summed E-state index contributed by atoms with van der Waals surface area (Å²) >= 11 is 0. The van der Waals surface area contributed by atoms with Gasteiger partial charge in [0, 0.05) is 11.6 Å². The minimum absolute atomic E-state index is 0. The molecule has 0 aliphatic heterocycles. The zero-order valence-electron chi connectivity index (χ0n) is 11.0. The van der Waals surface area contributed by atoms with Crippen LogP contribution in [-0.2, 0) is 4.79 Å². The fourth-order valence-electron chi connectivity index (χ4n) is 1.69. The lowest BCUT2D eigenvalue weighted by Crippen LogP contribution is -2.41. The van der Waals surface area contributed by atoms with Crippen molar-refractivity contribution in [2.45, 2.75) is 38.8 Å². The molecule has 0 spiro atoms. The molecular formula is C13H19ClF2N2O. The number of halogens is 3. The van der Waals surface area contributed by atoms with Crippen LogP contribution < -0.4 is 11.1 Å². The highest BCUT2D eigenvalue weighted by molar-refractivity contribution is 5.85. The molecule has 3 N–H and O–H groups in total. The van der Waals surface area contributed by atoms with Crippen LogP contribution in [0.1, 0.15) is 38.3 Å². The van der Waals surface area contributed by atoms with E-state index in [-0.39, 0.29) is 23.9 Å². The summed E-state index contributed by atoms with van der Waals surface area (Å²) in [5.41, 5.74) is 5.89. The fraction of sp³-hybridized carbons (Fsp3) is 0.462. The van der Waals surface area contributed by atoms with Gasteiger partial charge in [-0.15, -0.1) is 12.4 Å². The van der Waals surface area contributed by atoms with Crippen LogP contribution in [0.25, 0.3) is 0 Å². The fourth-order valence-corrected chi connectivity index (χ4v) is 1.69. The van der Waals surface area contributed by atoms with Crippen molar-refractivity contribution in [1.29, 1.82) is 0 Å². The summed E-state index contributed by atoms with van der Waals surface area (Å²) in [4.78, 5) is 11.7. The van der Waals surface area contributed by atoms with Crippen molar-refractivity contribution in [2.75, 3.05) is 0 Å². The molecule has 0 aromatic heterocycles. The molecule has 6 heteroatoms. The Bertz CT molecular complexity index is 429. The van der Waals surface area contributed by atoms with Crippen molar-refractivity contribution in [3.8, 4) is 0 Å². The third-order valence-corrected chi connectivity index (χ3v) is 2.72. The first-order chi connectivity index (χ1) is 8.45. The molecule has 108 valence electrons. The largest absolute Gasteiger partial charge is 0.348 e. The Balaban J connectivity index is 0.00000324. The highest BCUT2D eigenvalue weighted by Crippen LogP contribution is 2.17. The van der Waals surface area contributed by atoms with E-state index in [2.05, 4.69) is 5.32 Å². The minimum atomic E-state index is -0.674. The second kappa shape index (κ2) is 8.07. The smallest absolute Gasteiger partial charge is 0.237 e. The van der Waals surface area contributed by atoms with Crippen LogP contribution in [-0.4, -0.2) is 11.9 Å². The zero-order chi connectivity index (χ0) is 13.7. The lowest BCUT2D eigenvalue weighted by atomic mass is 10.1. The predicted octanol–water partition coefficient (Wildman–Crippen LogP) is 2.69. The third-order valence-electron chi connectivity index (χ3n) is 2.72. The lowest BCUT2D eigenvalue weighted by molar-refractivity contribution is -0.123. The molecular weight excluding hydrogens is 274 g/mol. The Kier molecular flexibility index (Phi) is 7.56. The molecule has 1 amide bonds. The van der Waals surface area contributed by atoms with Gasteiger partial charge in [-0.1, -0.05) is 19.4 Å². The van der Waals surface area contributed by atoms with Gasteiger partial charge in [0.15, 0.2) is 0 Å². The summed E-state index contributed by atoms with van der Waals surface area (Å²) in [6, 6.07) is 2.14. The average Bonchev–Trinajstić information content (AvgIpc) is 2.28. The number of hydrogen-bond acceptors (Lipinski definition) is 2. The van der Waals surface area contributed by atoms with Crippen molar-refractivity contribution < 1.29 is 13.6 Å². The van der Waals surface area contributed by atoms with E-state index in [0.717, 1.165) is 18.6 Å². The van der Waals surface area contributed by atoms with Crippen LogP contribution in [0.5, 0.6) is 0 Å². The normalized spacial score (nSPS) is 13.3. The molecule has 1 rings (SSSR count). The van der Waals surface area contributed by atoms with Crippen molar-refractivity contribution in [2.24, 2.45) is 5.73 Å². The SMILES string of the molecule is CCCC(N)C(=O)NC(C)c1ccc(F)cc1F.Cl. The van der Waals surface area contributed by atoms with Crippen LogP contribution in [0.2, 0.25) is 0 Å². The van der Waals surface area contributed by atoms with Crippen LogP contribution in [0.15, 0.2) is 18.2 Å². The highest BCUT2D eigenvalue weighted by Gasteiger charge is 2.18. The topological polar surface area (TPSA) is 55.1 Å². The van der Waals surface area contributed by atoms with Gasteiger partial charge in [0.05, 0.1) is 12.1 Å². The molecule has 2 unspecified atom stereocenters. The number of benzene rings is 1. The molecule has 0 fully saturated rings. The zero-order valence-corrected chi connectivity index (χ0v) is 11.8. The van der Waals surface area contributed by atoms with Crippen LogP contribution in [0, 0.1) is 11.6 Å². The summed E-state index contributed by atoms with van der Waals surface area (Å²) < 4.78 is 26.2. The standard InChI is InChI=1S/C13H18F2N2O.ClH/c1-3-4-12(16)13(18)17-8(2)10-6-5-9(14)7-11(10)15;/h5-8,12H,3-4,16H2,1-2H3,(H,17,18);1H. The van der Waals surface area contributed by atoms with Gasteiger partial charge in [0.25, 0.3) is 0 Å². The molecule has 0 saturated heterocycles. The molecule has 3 nitrogen and oxygen atoms in total. The van der Waals surface area contributed by atoms with Crippen molar-refractivity contribution in [3.63, 3.8) is 0 Å². The molecule has 0 radical (unpaired) electrons. The summed E-state index contributed by atoms with van der Waals surface area (Å²) in [5.74, 6) is -1.64. The lowest BCUT2D eigenvalue weighted by Gasteiger charge is -2.18. The Hall–Kier alpha value is -1.20. The number of nitrogens with one attached hydrogen (secondary N) is 1. The quantitative estimate of drug-likeness (QED) is 0.877. The maximum absolute atomic E-state index is 13.5. The van der Waals surface area contributed by atoms with E-state index in [1.165, 1.54) is 6.07 Å².